The van der Waals surface area contributed by atoms with Crippen LogP contribution in [-0.2, 0) is 13.0 Å². The fourth-order valence-corrected chi connectivity index (χ4v) is 1.97. The van der Waals surface area contributed by atoms with Crippen molar-refractivity contribution in [3.8, 4) is 11.3 Å². The Hall–Kier alpha value is -2.17. The van der Waals surface area contributed by atoms with Crippen molar-refractivity contribution in [1.29, 1.82) is 0 Å². The van der Waals surface area contributed by atoms with Gasteiger partial charge in [-0.15, -0.1) is 6.58 Å². The van der Waals surface area contributed by atoms with Crippen LogP contribution in [0.1, 0.15) is 12.7 Å². The molecular weight excluding hydrogens is 248 g/mol. The van der Waals surface area contributed by atoms with Gasteiger partial charge in [-0.25, -0.2) is 13.8 Å². The quantitative estimate of drug-likeness (QED) is 0.861. The third-order valence-electron chi connectivity index (χ3n) is 2.91. The van der Waals surface area contributed by atoms with E-state index < -0.39 is 11.6 Å². The van der Waals surface area contributed by atoms with Crippen molar-refractivity contribution in [2.45, 2.75) is 19.9 Å². The highest BCUT2D eigenvalue weighted by Gasteiger charge is 2.15. The van der Waals surface area contributed by atoms with Crippen LogP contribution in [0.15, 0.2) is 30.9 Å². The van der Waals surface area contributed by atoms with Gasteiger partial charge in [0.25, 0.3) is 0 Å². The average Bonchev–Trinajstić information content (AvgIpc) is 2.71. The first-order valence-corrected chi connectivity index (χ1v) is 5.99. The van der Waals surface area contributed by atoms with Crippen molar-refractivity contribution in [3.05, 3.63) is 48.3 Å². The first kappa shape index (κ1) is 13.3. The second-order valence-electron chi connectivity index (χ2n) is 4.14. The molecule has 100 valence electrons. The zero-order chi connectivity index (χ0) is 14.0. The number of imidazole rings is 1. The van der Waals surface area contributed by atoms with Crippen LogP contribution in [0.2, 0.25) is 0 Å². The number of allylic oxidation sites excluding steroid dienone is 1. The Morgan fingerprint density at radius 1 is 1.37 bits per heavy atom. The summed E-state index contributed by atoms with van der Waals surface area (Å²) in [5.74, 6) is -0.573. The van der Waals surface area contributed by atoms with Gasteiger partial charge < -0.3 is 10.3 Å². The molecule has 0 saturated carbocycles. The van der Waals surface area contributed by atoms with Crippen LogP contribution in [-0.4, -0.2) is 9.55 Å². The van der Waals surface area contributed by atoms with Crippen molar-refractivity contribution in [1.82, 2.24) is 9.55 Å². The molecular formula is C14H15F2N3. The first-order chi connectivity index (χ1) is 9.08. The first-order valence-electron chi connectivity index (χ1n) is 5.99. The van der Waals surface area contributed by atoms with E-state index in [1.165, 1.54) is 6.07 Å². The third-order valence-corrected chi connectivity index (χ3v) is 2.91. The minimum atomic E-state index is -0.909. The number of hydrogen-bond donors (Lipinski definition) is 1. The molecule has 0 aliphatic rings. The summed E-state index contributed by atoms with van der Waals surface area (Å²) in [6.07, 6.45) is 2.41. The van der Waals surface area contributed by atoms with Crippen molar-refractivity contribution in [2.24, 2.45) is 0 Å². The van der Waals surface area contributed by atoms with Crippen molar-refractivity contribution in [2.75, 3.05) is 5.73 Å². The lowest BCUT2D eigenvalue weighted by atomic mass is 10.1. The maximum absolute atomic E-state index is 13.3. The highest BCUT2D eigenvalue weighted by Crippen LogP contribution is 2.27. The van der Waals surface area contributed by atoms with Crippen molar-refractivity contribution >= 4 is 5.82 Å². The molecule has 1 heterocycles. The fraction of sp³-hybridized carbons (Fsp3) is 0.214. The second-order valence-corrected chi connectivity index (χ2v) is 4.14. The molecule has 0 atom stereocenters. The molecule has 0 saturated heterocycles. The molecule has 5 heteroatoms. The number of aryl methyl sites for hydroxylation is 1. The summed E-state index contributed by atoms with van der Waals surface area (Å²) < 4.78 is 28.0. The van der Waals surface area contributed by atoms with Gasteiger partial charge in [-0.2, -0.15) is 0 Å². The molecule has 0 fully saturated rings. The molecule has 2 aromatic rings. The summed E-state index contributed by atoms with van der Waals surface area (Å²) in [5.41, 5.74) is 6.96. The number of nitrogens with zero attached hydrogens (tertiary/aromatic N) is 2. The lowest BCUT2D eigenvalue weighted by Crippen LogP contribution is -2.05. The van der Waals surface area contributed by atoms with Crippen molar-refractivity contribution < 1.29 is 8.78 Å². The third kappa shape index (κ3) is 2.36. The highest BCUT2D eigenvalue weighted by molar-refractivity contribution is 5.71. The Kier molecular flexibility index (Phi) is 3.64. The van der Waals surface area contributed by atoms with Gasteiger partial charge in [0.1, 0.15) is 17.3 Å². The van der Waals surface area contributed by atoms with E-state index in [0.29, 0.717) is 30.0 Å². The van der Waals surface area contributed by atoms with E-state index >= 15 is 0 Å². The smallest absolute Gasteiger partial charge is 0.159 e. The van der Waals surface area contributed by atoms with Crippen LogP contribution >= 0.6 is 0 Å². The van der Waals surface area contributed by atoms with E-state index in [0.717, 1.165) is 18.0 Å². The summed E-state index contributed by atoms with van der Waals surface area (Å²) >= 11 is 0. The number of nitrogen functional groups attached to an aromatic ring is 1. The monoisotopic (exact) mass is 263 g/mol. The number of benzene rings is 1. The maximum atomic E-state index is 13.3. The molecule has 1 aromatic carbocycles. The van der Waals surface area contributed by atoms with E-state index in [1.54, 1.807) is 6.08 Å². The predicted molar refractivity (Wildman–Crippen MR) is 71.6 cm³/mol. The van der Waals surface area contributed by atoms with Gasteiger partial charge in [0.05, 0.1) is 0 Å². The van der Waals surface area contributed by atoms with Crippen LogP contribution in [0, 0.1) is 11.6 Å². The lowest BCUT2D eigenvalue weighted by molar-refractivity contribution is 0.509. The Balaban J connectivity index is 2.55. The van der Waals surface area contributed by atoms with E-state index in [-0.39, 0.29) is 0 Å². The normalized spacial score (nSPS) is 10.7. The second kappa shape index (κ2) is 5.22. The van der Waals surface area contributed by atoms with Crippen LogP contribution < -0.4 is 5.73 Å². The maximum Gasteiger partial charge on any atom is 0.159 e. The van der Waals surface area contributed by atoms with Crippen molar-refractivity contribution in [3.63, 3.8) is 0 Å². The number of halogens is 2. The number of rotatable bonds is 4. The Morgan fingerprint density at radius 2 is 2.11 bits per heavy atom. The van der Waals surface area contributed by atoms with Gasteiger partial charge in [-0.05, 0) is 18.2 Å². The summed E-state index contributed by atoms with van der Waals surface area (Å²) in [7, 11) is 0. The molecule has 0 bridgehead atoms. The van der Waals surface area contributed by atoms with Gasteiger partial charge in [-0.1, -0.05) is 13.0 Å². The molecule has 3 nitrogen and oxygen atoms in total. The van der Waals surface area contributed by atoms with E-state index in [4.69, 9.17) is 5.73 Å². The molecule has 0 spiro atoms. The number of anilines is 1. The van der Waals surface area contributed by atoms with E-state index in [1.807, 2.05) is 11.5 Å². The van der Waals surface area contributed by atoms with Gasteiger partial charge >= 0.3 is 0 Å². The van der Waals surface area contributed by atoms with Crippen LogP contribution in [0.3, 0.4) is 0 Å². The fourth-order valence-electron chi connectivity index (χ4n) is 1.97. The van der Waals surface area contributed by atoms with Gasteiger partial charge in [-0.3, -0.25) is 0 Å². The Morgan fingerprint density at radius 3 is 2.68 bits per heavy atom. The average molecular weight is 263 g/mol. The van der Waals surface area contributed by atoms with Crippen LogP contribution in [0.25, 0.3) is 11.3 Å². The molecule has 19 heavy (non-hydrogen) atoms. The van der Waals surface area contributed by atoms with Crippen LogP contribution in [0.4, 0.5) is 14.6 Å². The van der Waals surface area contributed by atoms with Gasteiger partial charge in [0.15, 0.2) is 11.6 Å². The largest absolute Gasteiger partial charge is 0.383 e. The summed E-state index contributed by atoms with van der Waals surface area (Å²) in [6, 6.07) is 3.64. The number of hydrogen-bond acceptors (Lipinski definition) is 2. The topological polar surface area (TPSA) is 43.8 Å². The molecule has 2 N–H and O–H groups in total. The SMILES string of the molecule is C=CCn1c(CC)nc(-c2ccc(F)c(F)c2)c1N. The minimum Gasteiger partial charge on any atom is -0.383 e. The predicted octanol–water partition coefficient (Wildman–Crippen LogP) is 3.16. The number of aromatic nitrogens is 2. The highest BCUT2D eigenvalue weighted by atomic mass is 19.2. The van der Waals surface area contributed by atoms with E-state index in [9.17, 15) is 8.78 Å². The summed E-state index contributed by atoms with van der Waals surface area (Å²) in [5, 5.41) is 0. The molecule has 2 rings (SSSR count). The summed E-state index contributed by atoms with van der Waals surface area (Å²) in [6.45, 7) is 6.15. The molecule has 0 aliphatic carbocycles. The van der Waals surface area contributed by atoms with Gasteiger partial charge in [0, 0.05) is 18.5 Å². The number of nitrogens with two attached hydrogens (primary N) is 1. The Bertz CT molecular complexity index is 617. The lowest BCUT2D eigenvalue weighted by Gasteiger charge is -2.05. The van der Waals surface area contributed by atoms with Gasteiger partial charge in [0.2, 0.25) is 0 Å². The molecule has 0 amide bonds. The summed E-state index contributed by atoms with van der Waals surface area (Å²) in [4.78, 5) is 4.39. The zero-order valence-corrected chi connectivity index (χ0v) is 10.7. The van der Waals surface area contributed by atoms with Crippen LogP contribution in [0.5, 0.6) is 0 Å². The zero-order valence-electron chi connectivity index (χ0n) is 10.7. The molecule has 0 radical (unpaired) electrons. The Labute approximate surface area is 110 Å². The molecule has 0 aliphatic heterocycles. The molecule has 0 unspecified atom stereocenters. The molecule has 1 aromatic heterocycles. The standard InChI is InChI=1S/C14H15F2N3/c1-3-7-19-12(4-2)18-13(14(19)17)9-5-6-10(15)11(16)8-9/h3,5-6,8H,1,4,7,17H2,2H3. The minimum absolute atomic E-state index is 0.433. The van der Waals surface area contributed by atoms with E-state index in [2.05, 4.69) is 11.6 Å².